The van der Waals surface area contributed by atoms with Crippen LogP contribution in [0.1, 0.15) is 5.69 Å². The van der Waals surface area contributed by atoms with Crippen molar-refractivity contribution in [3.05, 3.63) is 36.6 Å². The average molecular weight is 177 g/mol. The van der Waals surface area contributed by atoms with Crippen LogP contribution in [0.3, 0.4) is 0 Å². The van der Waals surface area contributed by atoms with Crippen molar-refractivity contribution in [2.75, 3.05) is 26.3 Å². The maximum Gasteiger partial charge on any atom is 0.0737 e. The van der Waals surface area contributed by atoms with Gasteiger partial charge in [0.25, 0.3) is 0 Å². The number of nitrogens with zero attached hydrogens (tertiary/aromatic N) is 2. The van der Waals surface area contributed by atoms with E-state index >= 15 is 0 Å². The van der Waals surface area contributed by atoms with Crippen molar-refractivity contribution in [1.29, 1.82) is 0 Å². The summed E-state index contributed by atoms with van der Waals surface area (Å²) in [7, 11) is 0. The third kappa shape index (κ3) is 2.50. The fraction of sp³-hybridized carbons (Fsp3) is 0.400. The molecule has 0 aromatic carbocycles. The van der Waals surface area contributed by atoms with Gasteiger partial charge in [-0.2, -0.15) is 0 Å². The second-order valence-electron chi connectivity index (χ2n) is 3.03. The Hall–Kier alpha value is -0.930. The first kappa shape index (κ1) is 8.66. The number of morpholine rings is 1. The van der Waals surface area contributed by atoms with E-state index in [9.17, 15) is 0 Å². The minimum Gasteiger partial charge on any atom is -0.379 e. The van der Waals surface area contributed by atoms with E-state index in [1.165, 1.54) is 0 Å². The molecule has 2 rings (SSSR count). The zero-order valence-corrected chi connectivity index (χ0v) is 7.52. The predicted octanol–water partition coefficient (Wildman–Crippen LogP) is 0.924. The van der Waals surface area contributed by atoms with Gasteiger partial charge in [-0.1, -0.05) is 6.07 Å². The molecule has 0 amide bonds. The molecule has 1 fully saturated rings. The summed E-state index contributed by atoms with van der Waals surface area (Å²) in [6.07, 6.45) is 1.81. The van der Waals surface area contributed by atoms with Crippen molar-refractivity contribution in [3.8, 4) is 0 Å². The van der Waals surface area contributed by atoms with Crippen LogP contribution in [-0.2, 0) is 4.74 Å². The Balaban J connectivity index is 1.90. The van der Waals surface area contributed by atoms with Gasteiger partial charge in [0.15, 0.2) is 0 Å². The van der Waals surface area contributed by atoms with E-state index in [2.05, 4.69) is 16.4 Å². The number of ether oxygens (including phenoxy) is 1. The van der Waals surface area contributed by atoms with E-state index in [4.69, 9.17) is 4.74 Å². The minimum absolute atomic E-state index is 0.823. The molecule has 3 heteroatoms. The highest BCUT2D eigenvalue weighted by atomic mass is 16.5. The van der Waals surface area contributed by atoms with E-state index in [-0.39, 0.29) is 0 Å². The Kier molecular flexibility index (Phi) is 2.90. The second kappa shape index (κ2) is 4.35. The molecular formula is C10H13N2O. The summed E-state index contributed by atoms with van der Waals surface area (Å²) >= 11 is 0. The van der Waals surface area contributed by atoms with E-state index in [0.717, 1.165) is 32.0 Å². The van der Waals surface area contributed by atoms with Gasteiger partial charge >= 0.3 is 0 Å². The molecule has 1 aliphatic heterocycles. The summed E-state index contributed by atoms with van der Waals surface area (Å²) in [4.78, 5) is 6.48. The second-order valence-corrected chi connectivity index (χ2v) is 3.03. The van der Waals surface area contributed by atoms with Crippen LogP contribution >= 0.6 is 0 Å². The number of hydrogen-bond acceptors (Lipinski definition) is 3. The summed E-state index contributed by atoms with van der Waals surface area (Å²) in [5, 5.41) is 0. The highest BCUT2D eigenvalue weighted by Crippen LogP contribution is 2.05. The number of hydrogen-bond donors (Lipinski definition) is 0. The minimum atomic E-state index is 0.823. The third-order valence-corrected chi connectivity index (χ3v) is 2.05. The maximum atomic E-state index is 5.26. The van der Waals surface area contributed by atoms with Gasteiger partial charge in [-0.05, 0) is 12.1 Å². The summed E-state index contributed by atoms with van der Waals surface area (Å²) in [6.45, 7) is 5.67. The lowest BCUT2D eigenvalue weighted by Crippen LogP contribution is -2.34. The quantitative estimate of drug-likeness (QED) is 0.671. The Morgan fingerprint density at radius 2 is 2.15 bits per heavy atom. The van der Waals surface area contributed by atoms with Crippen LogP contribution in [0, 0.1) is 6.54 Å². The Bertz CT molecular complexity index is 244. The molecule has 1 aromatic heterocycles. The Morgan fingerprint density at radius 3 is 2.85 bits per heavy atom. The molecule has 13 heavy (non-hydrogen) atoms. The summed E-state index contributed by atoms with van der Waals surface area (Å²) in [5.41, 5.74) is 1.02. The van der Waals surface area contributed by atoms with Crippen LogP contribution in [0.5, 0.6) is 0 Å². The molecule has 3 nitrogen and oxygen atoms in total. The molecule has 1 radical (unpaired) electrons. The first-order valence-electron chi connectivity index (χ1n) is 4.53. The summed E-state index contributed by atoms with van der Waals surface area (Å²) in [5.74, 6) is 0. The van der Waals surface area contributed by atoms with Crippen LogP contribution in [0.2, 0.25) is 0 Å². The molecular weight excluding hydrogens is 164 g/mol. The zero-order chi connectivity index (χ0) is 8.93. The van der Waals surface area contributed by atoms with Gasteiger partial charge in [0.05, 0.1) is 25.5 Å². The lowest BCUT2D eigenvalue weighted by molar-refractivity contribution is 0.0529. The molecule has 0 saturated carbocycles. The normalized spacial score (nSPS) is 18.8. The van der Waals surface area contributed by atoms with Gasteiger partial charge in [-0.15, -0.1) is 0 Å². The fourth-order valence-electron chi connectivity index (χ4n) is 1.35. The molecule has 0 bridgehead atoms. The number of aromatic nitrogens is 1. The smallest absolute Gasteiger partial charge is 0.0737 e. The van der Waals surface area contributed by atoms with Crippen LogP contribution in [-0.4, -0.2) is 36.2 Å². The number of pyridine rings is 1. The van der Waals surface area contributed by atoms with Crippen LogP contribution in [0.25, 0.3) is 0 Å². The first-order chi connectivity index (χ1) is 6.45. The zero-order valence-electron chi connectivity index (χ0n) is 7.52. The monoisotopic (exact) mass is 177 g/mol. The molecule has 69 valence electrons. The molecule has 1 aromatic rings. The van der Waals surface area contributed by atoms with Gasteiger partial charge < -0.3 is 4.74 Å². The van der Waals surface area contributed by atoms with E-state index in [0.29, 0.717) is 0 Å². The molecule has 0 atom stereocenters. The van der Waals surface area contributed by atoms with E-state index < -0.39 is 0 Å². The third-order valence-electron chi connectivity index (χ3n) is 2.05. The average Bonchev–Trinajstić information content (AvgIpc) is 2.21. The lowest BCUT2D eigenvalue weighted by atomic mass is 10.3. The Morgan fingerprint density at radius 1 is 1.31 bits per heavy atom. The van der Waals surface area contributed by atoms with E-state index in [1.807, 2.05) is 24.4 Å². The van der Waals surface area contributed by atoms with Crippen molar-refractivity contribution in [1.82, 2.24) is 9.88 Å². The van der Waals surface area contributed by atoms with Gasteiger partial charge in [0.1, 0.15) is 0 Å². The first-order valence-corrected chi connectivity index (χ1v) is 4.53. The fourth-order valence-corrected chi connectivity index (χ4v) is 1.35. The molecule has 0 unspecified atom stereocenters. The summed E-state index contributed by atoms with van der Waals surface area (Å²) < 4.78 is 5.26. The van der Waals surface area contributed by atoms with Gasteiger partial charge in [-0.25, -0.2) is 0 Å². The van der Waals surface area contributed by atoms with Crippen molar-refractivity contribution in [2.24, 2.45) is 0 Å². The van der Waals surface area contributed by atoms with Crippen molar-refractivity contribution in [3.63, 3.8) is 0 Å². The summed E-state index contributed by atoms with van der Waals surface area (Å²) in [6, 6.07) is 5.94. The van der Waals surface area contributed by atoms with Crippen molar-refractivity contribution >= 4 is 0 Å². The largest absolute Gasteiger partial charge is 0.379 e. The van der Waals surface area contributed by atoms with Gasteiger partial charge in [0, 0.05) is 19.3 Å². The highest BCUT2D eigenvalue weighted by molar-refractivity contribution is 5.12. The Labute approximate surface area is 78.3 Å². The topological polar surface area (TPSA) is 25.4 Å². The predicted molar refractivity (Wildman–Crippen MR) is 50.0 cm³/mol. The van der Waals surface area contributed by atoms with Crippen molar-refractivity contribution in [2.45, 2.75) is 0 Å². The van der Waals surface area contributed by atoms with Crippen LogP contribution in [0.15, 0.2) is 24.4 Å². The van der Waals surface area contributed by atoms with Gasteiger partial charge in [0.2, 0.25) is 0 Å². The van der Waals surface area contributed by atoms with Crippen molar-refractivity contribution < 1.29 is 4.74 Å². The van der Waals surface area contributed by atoms with Gasteiger partial charge in [-0.3, -0.25) is 9.88 Å². The standard InChI is InChI=1S/C10H13N2O/c1-2-4-11-10(3-1)9-12-5-7-13-8-6-12/h1-4,9H,5-8H2. The molecule has 0 N–H and O–H groups in total. The van der Waals surface area contributed by atoms with Crippen LogP contribution < -0.4 is 0 Å². The lowest BCUT2D eigenvalue weighted by Gasteiger charge is -2.25. The molecule has 0 aliphatic carbocycles. The molecule has 1 saturated heterocycles. The molecule has 0 spiro atoms. The molecule has 2 heterocycles. The van der Waals surface area contributed by atoms with E-state index in [1.54, 1.807) is 0 Å². The maximum absolute atomic E-state index is 5.26. The van der Waals surface area contributed by atoms with Crippen LogP contribution in [0.4, 0.5) is 0 Å². The molecule has 1 aliphatic rings. The number of rotatable bonds is 2. The SMILES string of the molecule is [CH](c1ccccn1)N1CCOCC1. The highest BCUT2D eigenvalue weighted by Gasteiger charge is 2.10.